The van der Waals surface area contributed by atoms with Gasteiger partial charge >= 0.3 is 5.69 Å². The van der Waals surface area contributed by atoms with Gasteiger partial charge in [0.05, 0.1) is 13.3 Å². The van der Waals surface area contributed by atoms with Crippen LogP contribution in [0.5, 0.6) is 11.5 Å². The van der Waals surface area contributed by atoms with Gasteiger partial charge in [0.2, 0.25) is 5.95 Å². The summed E-state index contributed by atoms with van der Waals surface area (Å²) in [4.78, 5) is 30.6. The number of para-hydroxylation sites is 1. The largest absolute Gasteiger partial charge is 0.504 e. The van der Waals surface area contributed by atoms with E-state index in [-0.39, 0.29) is 11.4 Å². The van der Waals surface area contributed by atoms with Crippen molar-refractivity contribution < 1.29 is 9.84 Å². The van der Waals surface area contributed by atoms with Gasteiger partial charge in [0.25, 0.3) is 5.56 Å². The van der Waals surface area contributed by atoms with E-state index in [2.05, 4.69) is 20.5 Å². The highest BCUT2D eigenvalue weighted by Gasteiger charge is 2.16. The van der Waals surface area contributed by atoms with Gasteiger partial charge in [-0.2, -0.15) is 10.1 Å². The lowest BCUT2D eigenvalue weighted by Crippen LogP contribution is -2.29. The zero-order valence-corrected chi connectivity index (χ0v) is 15.2. The molecule has 0 saturated heterocycles. The van der Waals surface area contributed by atoms with Crippen LogP contribution in [0, 0.1) is 0 Å². The number of aromatic nitrogens is 4. The molecule has 142 valence electrons. The number of aromatic amines is 1. The van der Waals surface area contributed by atoms with Gasteiger partial charge in [0, 0.05) is 19.2 Å². The number of hydrogen-bond acceptors (Lipinski definition) is 7. The normalized spacial score (nSPS) is 11.4. The first-order valence-corrected chi connectivity index (χ1v) is 8.32. The van der Waals surface area contributed by atoms with Crippen molar-refractivity contribution in [3.05, 3.63) is 44.6 Å². The molecule has 1 aromatic carbocycles. The van der Waals surface area contributed by atoms with E-state index in [1.807, 2.05) is 6.92 Å². The molecule has 0 bridgehead atoms. The van der Waals surface area contributed by atoms with Crippen molar-refractivity contribution in [2.75, 3.05) is 12.5 Å². The molecule has 0 aliphatic carbocycles. The molecule has 0 saturated carbocycles. The minimum Gasteiger partial charge on any atom is -0.504 e. The van der Waals surface area contributed by atoms with E-state index in [9.17, 15) is 14.7 Å². The molecular formula is C17H20N6O4. The van der Waals surface area contributed by atoms with Crippen LogP contribution in [-0.4, -0.2) is 37.5 Å². The van der Waals surface area contributed by atoms with Gasteiger partial charge in [0.15, 0.2) is 22.7 Å². The maximum Gasteiger partial charge on any atom is 0.329 e. The number of hydrogen-bond donors (Lipinski definition) is 3. The topological polar surface area (TPSA) is 127 Å². The predicted octanol–water partition coefficient (Wildman–Crippen LogP) is 0.993. The zero-order chi connectivity index (χ0) is 19.6. The van der Waals surface area contributed by atoms with Crippen LogP contribution in [0.4, 0.5) is 5.95 Å². The molecule has 0 spiro atoms. The lowest BCUT2D eigenvalue weighted by Gasteiger charge is -2.07. The van der Waals surface area contributed by atoms with E-state index in [4.69, 9.17) is 4.74 Å². The van der Waals surface area contributed by atoms with E-state index in [1.165, 1.54) is 24.9 Å². The molecular weight excluding hydrogens is 352 g/mol. The van der Waals surface area contributed by atoms with Crippen LogP contribution in [0.3, 0.4) is 0 Å². The van der Waals surface area contributed by atoms with Gasteiger partial charge in [-0.3, -0.25) is 14.3 Å². The second kappa shape index (κ2) is 7.36. The van der Waals surface area contributed by atoms with Gasteiger partial charge in [-0.05, 0) is 18.6 Å². The highest BCUT2D eigenvalue weighted by Crippen LogP contribution is 2.28. The van der Waals surface area contributed by atoms with E-state index < -0.39 is 11.2 Å². The van der Waals surface area contributed by atoms with Crippen LogP contribution in [-0.2, 0) is 13.6 Å². The summed E-state index contributed by atoms with van der Waals surface area (Å²) in [5.41, 5.74) is 2.74. The number of imidazole rings is 1. The summed E-state index contributed by atoms with van der Waals surface area (Å²) < 4.78 is 7.99. The first kappa shape index (κ1) is 18.2. The van der Waals surface area contributed by atoms with Crippen molar-refractivity contribution in [2.24, 2.45) is 12.1 Å². The number of fused-ring (bicyclic) bond motifs is 1. The molecule has 0 unspecified atom stereocenters. The minimum absolute atomic E-state index is 0.0357. The maximum absolute atomic E-state index is 12.2. The maximum atomic E-state index is 12.2. The van der Waals surface area contributed by atoms with Crippen molar-refractivity contribution in [3.63, 3.8) is 0 Å². The van der Waals surface area contributed by atoms with Crippen LogP contribution in [0.1, 0.15) is 18.9 Å². The van der Waals surface area contributed by atoms with Crippen LogP contribution >= 0.6 is 0 Å². The molecule has 3 rings (SSSR count). The van der Waals surface area contributed by atoms with Gasteiger partial charge in [-0.1, -0.05) is 13.0 Å². The molecule has 0 radical (unpaired) electrons. The Morgan fingerprint density at radius 3 is 2.89 bits per heavy atom. The molecule has 3 N–H and O–H groups in total. The van der Waals surface area contributed by atoms with Gasteiger partial charge in [0.1, 0.15) is 0 Å². The van der Waals surface area contributed by atoms with Gasteiger partial charge < -0.3 is 14.4 Å². The number of hydrazone groups is 1. The number of rotatable bonds is 6. The molecule has 0 aliphatic rings. The molecule has 0 aliphatic heterocycles. The number of anilines is 1. The first-order valence-electron chi connectivity index (χ1n) is 8.32. The fourth-order valence-corrected chi connectivity index (χ4v) is 2.73. The Hall–Kier alpha value is -3.56. The quantitative estimate of drug-likeness (QED) is 0.438. The number of nitrogens with zero attached hydrogens (tertiary/aromatic N) is 4. The predicted molar refractivity (Wildman–Crippen MR) is 102 cm³/mol. The van der Waals surface area contributed by atoms with Crippen LogP contribution in [0.2, 0.25) is 0 Å². The molecule has 0 amide bonds. The zero-order valence-electron chi connectivity index (χ0n) is 15.2. The van der Waals surface area contributed by atoms with E-state index in [0.29, 0.717) is 29.3 Å². The summed E-state index contributed by atoms with van der Waals surface area (Å²) in [6, 6.07) is 5.03. The van der Waals surface area contributed by atoms with Crippen molar-refractivity contribution in [2.45, 2.75) is 19.9 Å². The third kappa shape index (κ3) is 3.28. The summed E-state index contributed by atoms with van der Waals surface area (Å²) >= 11 is 0. The summed E-state index contributed by atoms with van der Waals surface area (Å²) in [5, 5.41) is 14.2. The number of benzene rings is 1. The summed E-state index contributed by atoms with van der Waals surface area (Å²) in [7, 11) is 2.99. The molecule has 2 aromatic heterocycles. The molecule has 0 atom stereocenters. The van der Waals surface area contributed by atoms with E-state index in [0.717, 1.165) is 6.42 Å². The number of aryl methyl sites for hydroxylation is 2. The van der Waals surface area contributed by atoms with E-state index in [1.54, 1.807) is 22.8 Å². The minimum atomic E-state index is -0.537. The fourth-order valence-electron chi connectivity index (χ4n) is 2.73. The Labute approximate surface area is 153 Å². The first-order chi connectivity index (χ1) is 13.0. The number of phenolic OH excluding ortho intramolecular Hbond substituents is 1. The molecule has 10 heteroatoms. The average molecular weight is 372 g/mol. The monoisotopic (exact) mass is 372 g/mol. The Morgan fingerprint density at radius 2 is 2.19 bits per heavy atom. The fraction of sp³-hybridized carbons (Fsp3) is 0.294. The number of methoxy groups -OCH3 is 1. The average Bonchev–Trinajstić information content (AvgIpc) is 3.01. The van der Waals surface area contributed by atoms with Gasteiger partial charge in [-0.25, -0.2) is 10.2 Å². The second-order valence-electron chi connectivity index (χ2n) is 5.85. The summed E-state index contributed by atoms with van der Waals surface area (Å²) in [6.07, 6.45) is 2.17. The molecule has 27 heavy (non-hydrogen) atoms. The highest BCUT2D eigenvalue weighted by molar-refractivity contribution is 5.85. The number of aromatic hydroxyl groups is 1. The molecule has 2 heterocycles. The number of nitrogens with one attached hydrogen (secondary N) is 2. The Kier molecular flexibility index (Phi) is 4.97. The lowest BCUT2D eigenvalue weighted by atomic mass is 10.2. The van der Waals surface area contributed by atoms with Crippen molar-refractivity contribution in [1.29, 1.82) is 0 Å². The number of H-pyrrole nitrogens is 1. The van der Waals surface area contributed by atoms with Crippen LogP contribution < -0.4 is 21.4 Å². The van der Waals surface area contributed by atoms with Crippen LogP contribution in [0.15, 0.2) is 32.9 Å². The summed E-state index contributed by atoms with van der Waals surface area (Å²) in [5.74, 6) is 0.613. The second-order valence-corrected chi connectivity index (χ2v) is 5.85. The number of ether oxygens (including phenoxy) is 1. The lowest BCUT2D eigenvalue weighted by molar-refractivity contribution is 0.373. The molecule has 10 nitrogen and oxygen atoms in total. The van der Waals surface area contributed by atoms with Crippen molar-refractivity contribution >= 4 is 23.3 Å². The number of phenols is 1. The van der Waals surface area contributed by atoms with Crippen LogP contribution in [0.25, 0.3) is 11.2 Å². The molecule has 3 aromatic rings. The summed E-state index contributed by atoms with van der Waals surface area (Å²) in [6.45, 7) is 2.48. The Morgan fingerprint density at radius 1 is 1.41 bits per heavy atom. The SMILES string of the molecule is CCCn1c(N/N=C\c2cccc(OC)c2O)nc2c1c(=O)[nH]c(=O)n2C. The van der Waals surface area contributed by atoms with Gasteiger partial charge in [-0.15, -0.1) is 0 Å². The smallest absolute Gasteiger partial charge is 0.329 e. The standard InChI is InChI=1S/C17H20N6O4/c1-4-8-23-12-14(22(2)17(26)20-15(12)25)19-16(23)21-18-9-10-6-5-7-11(27-3)13(10)24/h5-7,9,24H,4,8H2,1-3H3,(H,19,21)(H,20,25,26)/b18-9-. The highest BCUT2D eigenvalue weighted by atomic mass is 16.5. The van der Waals surface area contributed by atoms with Crippen molar-refractivity contribution in [1.82, 2.24) is 19.1 Å². The Balaban J connectivity index is 2.01. The Bertz CT molecular complexity index is 1120. The third-order valence-corrected chi connectivity index (χ3v) is 4.07. The third-order valence-electron chi connectivity index (χ3n) is 4.07. The molecule has 0 fully saturated rings. The van der Waals surface area contributed by atoms with Crippen molar-refractivity contribution in [3.8, 4) is 11.5 Å². The van der Waals surface area contributed by atoms with E-state index >= 15 is 0 Å².